The highest BCUT2D eigenvalue weighted by Crippen LogP contribution is 2.16. The lowest BCUT2D eigenvalue weighted by Gasteiger charge is -2.03. The number of halogens is 3. The number of nitrogens with zero attached hydrogens (tertiary/aromatic N) is 1. The lowest BCUT2D eigenvalue weighted by Crippen LogP contribution is -2.07. The van der Waals surface area contributed by atoms with Crippen LogP contribution in [0.15, 0.2) is 36.5 Å². The van der Waals surface area contributed by atoms with Gasteiger partial charge in [-0.1, -0.05) is 11.6 Å². The second-order valence-electron chi connectivity index (χ2n) is 3.71. The Hall–Kier alpha value is -1.81. The highest BCUT2D eigenvalue weighted by Gasteiger charge is 2.13. The number of rotatable bonds is 3. The van der Waals surface area contributed by atoms with Crippen LogP contribution in [0.2, 0.25) is 5.02 Å². The van der Waals surface area contributed by atoms with Gasteiger partial charge in [0.25, 0.3) is 0 Å². The number of hydrogen-bond acceptors (Lipinski definition) is 2. The van der Waals surface area contributed by atoms with Crippen molar-refractivity contribution in [3.8, 4) is 0 Å². The summed E-state index contributed by atoms with van der Waals surface area (Å²) in [5, 5.41) is 0.222. The summed E-state index contributed by atoms with van der Waals surface area (Å²) in [5.74, 6) is -1.82. The average Bonchev–Trinajstić information content (AvgIpc) is 2.27. The SMILES string of the molecule is O=C(Cc1cc(F)cc(F)c1)c1ncccc1Cl. The molecule has 0 saturated heterocycles. The minimum absolute atomic E-state index is 0.101. The van der Waals surface area contributed by atoms with Gasteiger partial charge in [-0.2, -0.15) is 0 Å². The molecular weight excluding hydrogens is 260 g/mol. The molecule has 0 fully saturated rings. The molecular formula is C13H8ClF2NO. The van der Waals surface area contributed by atoms with Crippen molar-refractivity contribution in [2.45, 2.75) is 6.42 Å². The molecule has 1 aromatic carbocycles. The van der Waals surface area contributed by atoms with E-state index in [9.17, 15) is 13.6 Å². The van der Waals surface area contributed by atoms with E-state index in [-0.39, 0.29) is 28.5 Å². The zero-order valence-electron chi connectivity index (χ0n) is 9.16. The zero-order chi connectivity index (χ0) is 13.1. The van der Waals surface area contributed by atoms with Crippen molar-refractivity contribution < 1.29 is 13.6 Å². The number of ketones is 1. The van der Waals surface area contributed by atoms with Gasteiger partial charge in [-0.25, -0.2) is 8.78 Å². The Kier molecular flexibility index (Phi) is 3.67. The van der Waals surface area contributed by atoms with Crippen LogP contribution in [0.5, 0.6) is 0 Å². The maximum atomic E-state index is 13.0. The van der Waals surface area contributed by atoms with Crippen molar-refractivity contribution in [1.82, 2.24) is 4.98 Å². The Balaban J connectivity index is 2.24. The molecule has 0 spiro atoms. The van der Waals surface area contributed by atoms with Gasteiger partial charge < -0.3 is 0 Å². The van der Waals surface area contributed by atoms with Gasteiger partial charge in [0.05, 0.1) is 5.02 Å². The molecule has 2 rings (SSSR count). The van der Waals surface area contributed by atoms with E-state index in [2.05, 4.69) is 4.98 Å². The van der Waals surface area contributed by atoms with Crippen LogP contribution < -0.4 is 0 Å². The molecule has 1 heterocycles. The molecule has 0 saturated carbocycles. The second kappa shape index (κ2) is 5.23. The molecule has 0 aliphatic carbocycles. The van der Waals surface area contributed by atoms with E-state index < -0.39 is 11.6 Å². The van der Waals surface area contributed by atoms with E-state index in [0.29, 0.717) is 0 Å². The van der Waals surface area contributed by atoms with Crippen molar-refractivity contribution in [3.05, 3.63) is 64.4 Å². The normalized spacial score (nSPS) is 10.4. The standard InChI is InChI=1S/C13H8ClF2NO/c14-11-2-1-3-17-13(11)12(18)6-8-4-9(15)7-10(16)5-8/h1-5,7H,6H2. The van der Waals surface area contributed by atoms with Gasteiger partial charge in [-0.3, -0.25) is 9.78 Å². The molecule has 0 aliphatic heterocycles. The summed E-state index contributed by atoms with van der Waals surface area (Å²) in [6.07, 6.45) is 1.29. The highest BCUT2D eigenvalue weighted by atomic mass is 35.5. The van der Waals surface area contributed by atoms with E-state index in [4.69, 9.17) is 11.6 Å². The van der Waals surface area contributed by atoms with Crippen LogP contribution in [0.25, 0.3) is 0 Å². The second-order valence-corrected chi connectivity index (χ2v) is 4.12. The maximum absolute atomic E-state index is 13.0. The van der Waals surface area contributed by atoms with Crippen LogP contribution in [0.3, 0.4) is 0 Å². The predicted molar refractivity (Wildman–Crippen MR) is 63.6 cm³/mol. The van der Waals surface area contributed by atoms with E-state index in [0.717, 1.165) is 18.2 Å². The summed E-state index contributed by atoms with van der Waals surface area (Å²) in [6.45, 7) is 0. The van der Waals surface area contributed by atoms with Crippen LogP contribution in [0.1, 0.15) is 16.1 Å². The lowest BCUT2D eigenvalue weighted by atomic mass is 10.1. The number of aromatic nitrogens is 1. The first-order valence-corrected chi connectivity index (χ1v) is 5.53. The third-order valence-corrected chi connectivity index (χ3v) is 2.61. The van der Waals surface area contributed by atoms with E-state index in [1.165, 1.54) is 12.3 Å². The van der Waals surface area contributed by atoms with Crippen molar-refractivity contribution in [3.63, 3.8) is 0 Å². The first kappa shape index (κ1) is 12.6. The van der Waals surface area contributed by atoms with Gasteiger partial charge in [-0.05, 0) is 29.8 Å². The Labute approximate surface area is 107 Å². The number of benzene rings is 1. The summed E-state index contributed by atoms with van der Waals surface area (Å²) in [5.41, 5.74) is 0.350. The summed E-state index contributed by atoms with van der Waals surface area (Å²) in [6, 6.07) is 6.10. The van der Waals surface area contributed by atoms with Crippen LogP contribution >= 0.6 is 11.6 Å². The van der Waals surface area contributed by atoms with Gasteiger partial charge in [0.2, 0.25) is 0 Å². The monoisotopic (exact) mass is 267 g/mol. The number of Topliss-reactive ketones (excluding diaryl/α,β-unsaturated/α-hetero) is 1. The van der Waals surface area contributed by atoms with Gasteiger partial charge >= 0.3 is 0 Å². The molecule has 18 heavy (non-hydrogen) atoms. The maximum Gasteiger partial charge on any atom is 0.187 e. The van der Waals surface area contributed by atoms with Crippen molar-refractivity contribution >= 4 is 17.4 Å². The fourth-order valence-corrected chi connectivity index (χ4v) is 1.80. The van der Waals surface area contributed by atoms with Gasteiger partial charge in [0.1, 0.15) is 17.3 Å². The summed E-state index contributed by atoms with van der Waals surface area (Å²) in [4.78, 5) is 15.7. The molecule has 92 valence electrons. The van der Waals surface area contributed by atoms with E-state index in [1.54, 1.807) is 6.07 Å². The first-order valence-electron chi connectivity index (χ1n) is 5.15. The Morgan fingerprint density at radius 1 is 1.22 bits per heavy atom. The predicted octanol–water partition coefficient (Wildman–Crippen LogP) is 3.44. The van der Waals surface area contributed by atoms with Crippen LogP contribution in [0.4, 0.5) is 8.78 Å². The van der Waals surface area contributed by atoms with Crippen LogP contribution in [-0.2, 0) is 6.42 Å². The third kappa shape index (κ3) is 2.90. The molecule has 0 radical (unpaired) electrons. The minimum Gasteiger partial charge on any atom is -0.292 e. The van der Waals surface area contributed by atoms with Crippen molar-refractivity contribution in [2.24, 2.45) is 0 Å². The van der Waals surface area contributed by atoms with Crippen molar-refractivity contribution in [2.75, 3.05) is 0 Å². The largest absolute Gasteiger partial charge is 0.292 e. The molecule has 0 bridgehead atoms. The summed E-state index contributed by atoms with van der Waals surface area (Å²) < 4.78 is 25.9. The van der Waals surface area contributed by atoms with Crippen LogP contribution in [-0.4, -0.2) is 10.8 Å². The topological polar surface area (TPSA) is 30.0 Å². The number of carbonyl (C=O) groups excluding carboxylic acids is 1. The third-order valence-electron chi connectivity index (χ3n) is 2.31. The molecule has 5 heteroatoms. The minimum atomic E-state index is -0.718. The van der Waals surface area contributed by atoms with Crippen LogP contribution in [0, 0.1) is 11.6 Å². The van der Waals surface area contributed by atoms with Gasteiger partial charge in [0, 0.05) is 18.7 Å². The van der Waals surface area contributed by atoms with Gasteiger partial charge in [0.15, 0.2) is 5.78 Å². The molecule has 1 aromatic heterocycles. The van der Waals surface area contributed by atoms with E-state index >= 15 is 0 Å². The molecule has 0 aliphatic rings. The highest BCUT2D eigenvalue weighted by molar-refractivity contribution is 6.33. The average molecular weight is 268 g/mol. The first-order chi connectivity index (χ1) is 8.56. The Morgan fingerprint density at radius 3 is 2.50 bits per heavy atom. The molecule has 2 aromatic rings. The lowest BCUT2D eigenvalue weighted by molar-refractivity contribution is 0.0988. The fraction of sp³-hybridized carbons (Fsp3) is 0.0769. The zero-order valence-corrected chi connectivity index (χ0v) is 9.92. The Bertz CT molecular complexity index is 581. The quantitative estimate of drug-likeness (QED) is 0.798. The summed E-state index contributed by atoms with van der Waals surface area (Å²) in [7, 11) is 0. The molecule has 0 unspecified atom stereocenters. The smallest absolute Gasteiger partial charge is 0.187 e. The number of hydrogen-bond donors (Lipinski definition) is 0. The summed E-state index contributed by atoms with van der Waals surface area (Å²) >= 11 is 5.82. The number of pyridine rings is 1. The van der Waals surface area contributed by atoms with E-state index in [1.807, 2.05) is 0 Å². The molecule has 0 amide bonds. The molecule has 2 nitrogen and oxygen atoms in total. The number of carbonyl (C=O) groups is 1. The molecule has 0 atom stereocenters. The molecule has 0 N–H and O–H groups in total. The Morgan fingerprint density at radius 2 is 1.89 bits per heavy atom. The van der Waals surface area contributed by atoms with Gasteiger partial charge in [-0.15, -0.1) is 0 Å². The van der Waals surface area contributed by atoms with Crippen molar-refractivity contribution in [1.29, 1.82) is 0 Å². The fourth-order valence-electron chi connectivity index (χ4n) is 1.57.